The first kappa shape index (κ1) is 24.6. The van der Waals surface area contributed by atoms with Gasteiger partial charge >= 0.3 is 5.97 Å². The van der Waals surface area contributed by atoms with E-state index in [2.05, 4.69) is 0 Å². The predicted molar refractivity (Wildman–Crippen MR) is 121 cm³/mol. The standard InChI is InChI=1S/C23H30N2O5S/c1-6-24(7-2)31(28,29)21-16-19(15-14-17(21)4)23(27)30-18(5)22(26)25(8-3)20-12-10-9-11-13-20/h9-16,18H,6-8H2,1-5H3/t18-/m0/s1. The van der Waals surface area contributed by atoms with E-state index in [-0.39, 0.29) is 16.4 Å². The fourth-order valence-corrected chi connectivity index (χ4v) is 4.99. The number of carbonyl (C=O) groups excluding carboxylic acids is 2. The fraction of sp³-hybridized carbons (Fsp3) is 0.391. The van der Waals surface area contributed by atoms with Gasteiger partial charge in [-0.15, -0.1) is 0 Å². The third kappa shape index (κ3) is 5.51. The van der Waals surface area contributed by atoms with Crippen LogP contribution in [0.25, 0.3) is 0 Å². The second kappa shape index (κ2) is 10.5. The number of ether oxygens (including phenoxy) is 1. The number of carbonyl (C=O) groups is 2. The van der Waals surface area contributed by atoms with Crippen molar-refractivity contribution in [1.29, 1.82) is 0 Å². The SMILES string of the molecule is CCN(C(=O)[C@H](C)OC(=O)c1ccc(C)c(S(=O)(=O)N(CC)CC)c1)c1ccccc1. The predicted octanol–water partition coefficient (Wildman–Crippen LogP) is 3.62. The van der Waals surface area contributed by atoms with Crippen LogP contribution in [0.5, 0.6) is 0 Å². The van der Waals surface area contributed by atoms with Gasteiger partial charge in [0.05, 0.1) is 10.5 Å². The largest absolute Gasteiger partial charge is 0.449 e. The van der Waals surface area contributed by atoms with Crippen molar-refractivity contribution in [2.45, 2.75) is 45.6 Å². The molecule has 0 aliphatic rings. The van der Waals surface area contributed by atoms with Gasteiger partial charge in [0.2, 0.25) is 10.0 Å². The molecule has 2 rings (SSSR count). The van der Waals surface area contributed by atoms with Gasteiger partial charge in [0.1, 0.15) is 0 Å². The van der Waals surface area contributed by atoms with E-state index in [1.54, 1.807) is 39.0 Å². The van der Waals surface area contributed by atoms with E-state index in [9.17, 15) is 18.0 Å². The molecule has 0 unspecified atom stereocenters. The van der Waals surface area contributed by atoms with Gasteiger partial charge in [0.15, 0.2) is 6.10 Å². The van der Waals surface area contributed by atoms with Crippen LogP contribution in [0.1, 0.15) is 43.6 Å². The van der Waals surface area contributed by atoms with Gasteiger partial charge in [0, 0.05) is 25.3 Å². The first-order valence-electron chi connectivity index (χ1n) is 10.4. The second-order valence-corrected chi connectivity index (χ2v) is 8.94. The van der Waals surface area contributed by atoms with Crippen molar-refractivity contribution in [3.8, 4) is 0 Å². The molecule has 0 aromatic heterocycles. The number of rotatable bonds is 9. The average molecular weight is 447 g/mol. The molecule has 0 aliphatic heterocycles. The van der Waals surface area contributed by atoms with Crippen molar-refractivity contribution >= 4 is 27.6 Å². The molecule has 0 fully saturated rings. The maximum absolute atomic E-state index is 12.9. The third-order valence-electron chi connectivity index (χ3n) is 5.03. The molecule has 0 N–H and O–H groups in total. The maximum Gasteiger partial charge on any atom is 0.338 e. The molecule has 0 saturated carbocycles. The molecule has 8 heteroatoms. The Morgan fingerprint density at radius 2 is 1.58 bits per heavy atom. The molecule has 2 aromatic carbocycles. The Bertz CT molecular complexity index is 1020. The highest BCUT2D eigenvalue weighted by atomic mass is 32.2. The minimum absolute atomic E-state index is 0.0594. The number of para-hydroxylation sites is 1. The number of aryl methyl sites for hydroxylation is 1. The number of benzene rings is 2. The Kier molecular flexibility index (Phi) is 8.36. The number of anilines is 1. The van der Waals surface area contributed by atoms with Gasteiger partial charge in [-0.3, -0.25) is 4.79 Å². The summed E-state index contributed by atoms with van der Waals surface area (Å²) < 4.78 is 32.6. The van der Waals surface area contributed by atoms with Crippen LogP contribution in [0.4, 0.5) is 5.69 Å². The Morgan fingerprint density at radius 3 is 2.13 bits per heavy atom. The van der Waals surface area contributed by atoms with Crippen molar-refractivity contribution in [2.75, 3.05) is 24.5 Å². The van der Waals surface area contributed by atoms with E-state index in [1.807, 2.05) is 25.1 Å². The minimum Gasteiger partial charge on any atom is -0.449 e. The molecular formula is C23H30N2O5S. The summed E-state index contributed by atoms with van der Waals surface area (Å²) in [6, 6.07) is 13.5. The van der Waals surface area contributed by atoms with Crippen molar-refractivity contribution in [3.63, 3.8) is 0 Å². The molecule has 0 radical (unpaired) electrons. The molecule has 1 atom stereocenters. The maximum atomic E-state index is 12.9. The lowest BCUT2D eigenvalue weighted by Gasteiger charge is -2.24. The minimum atomic E-state index is -3.74. The fourth-order valence-electron chi connectivity index (χ4n) is 3.28. The Hall–Kier alpha value is -2.71. The Balaban J connectivity index is 2.25. The summed E-state index contributed by atoms with van der Waals surface area (Å²) in [7, 11) is -3.74. The molecule has 0 aliphatic carbocycles. The lowest BCUT2D eigenvalue weighted by Crippen LogP contribution is -2.40. The molecular weight excluding hydrogens is 416 g/mol. The van der Waals surface area contributed by atoms with Crippen LogP contribution in [0.15, 0.2) is 53.4 Å². The average Bonchev–Trinajstić information content (AvgIpc) is 2.75. The van der Waals surface area contributed by atoms with E-state index in [0.717, 1.165) is 0 Å². The van der Waals surface area contributed by atoms with E-state index in [4.69, 9.17) is 4.74 Å². The summed E-state index contributed by atoms with van der Waals surface area (Å²) in [5.74, 6) is -1.11. The highest BCUT2D eigenvalue weighted by molar-refractivity contribution is 7.89. The molecule has 0 saturated heterocycles. The van der Waals surface area contributed by atoms with Crippen LogP contribution in [-0.4, -0.2) is 50.3 Å². The normalized spacial score (nSPS) is 12.5. The zero-order valence-electron chi connectivity index (χ0n) is 18.7. The summed E-state index contributed by atoms with van der Waals surface area (Å²) >= 11 is 0. The van der Waals surface area contributed by atoms with Gasteiger partial charge in [-0.25, -0.2) is 13.2 Å². The van der Waals surface area contributed by atoms with Crippen molar-refractivity contribution in [2.24, 2.45) is 0 Å². The van der Waals surface area contributed by atoms with Gasteiger partial charge < -0.3 is 9.64 Å². The number of esters is 1. The number of nitrogens with zero attached hydrogens (tertiary/aromatic N) is 2. The first-order chi connectivity index (χ1) is 14.7. The van der Waals surface area contributed by atoms with E-state index in [1.165, 1.54) is 28.3 Å². The van der Waals surface area contributed by atoms with Crippen LogP contribution in [-0.2, 0) is 19.6 Å². The molecule has 2 aromatic rings. The van der Waals surface area contributed by atoms with Gasteiger partial charge in [-0.2, -0.15) is 4.31 Å². The van der Waals surface area contributed by atoms with Crippen LogP contribution in [0, 0.1) is 6.92 Å². The second-order valence-electron chi connectivity index (χ2n) is 7.04. The van der Waals surface area contributed by atoms with Gasteiger partial charge in [0.25, 0.3) is 5.91 Å². The van der Waals surface area contributed by atoms with E-state index in [0.29, 0.717) is 30.9 Å². The molecule has 0 heterocycles. The van der Waals surface area contributed by atoms with Crippen molar-refractivity contribution < 1.29 is 22.7 Å². The lowest BCUT2D eigenvalue weighted by atomic mass is 10.1. The topological polar surface area (TPSA) is 84.0 Å². The molecule has 31 heavy (non-hydrogen) atoms. The van der Waals surface area contributed by atoms with Crippen molar-refractivity contribution in [1.82, 2.24) is 4.31 Å². The molecule has 0 bridgehead atoms. The zero-order chi connectivity index (χ0) is 23.2. The number of hydrogen-bond donors (Lipinski definition) is 0. The summed E-state index contributed by atoms with van der Waals surface area (Å²) in [5, 5.41) is 0. The Morgan fingerprint density at radius 1 is 0.968 bits per heavy atom. The summed E-state index contributed by atoms with van der Waals surface area (Å²) in [5.41, 5.74) is 1.33. The van der Waals surface area contributed by atoms with Crippen LogP contribution < -0.4 is 4.90 Å². The number of amides is 1. The van der Waals surface area contributed by atoms with Crippen molar-refractivity contribution in [3.05, 3.63) is 59.7 Å². The number of likely N-dealkylation sites (N-methyl/N-ethyl adjacent to an activating group) is 1. The first-order valence-corrected chi connectivity index (χ1v) is 11.8. The number of hydrogen-bond acceptors (Lipinski definition) is 5. The Labute approximate surface area is 184 Å². The highest BCUT2D eigenvalue weighted by Crippen LogP contribution is 2.22. The zero-order valence-corrected chi connectivity index (χ0v) is 19.5. The van der Waals surface area contributed by atoms with Gasteiger partial charge in [-0.1, -0.05) is 38.1 Å². The highest BCUT2D eigenvalue weighted by Gasteiger charge is 2.27. The molecule has 1 amide bonds. The monoisotopic (exact) mass is 446 g/mol. The quantitative estimate of drug-likeness (QED) is 0.549. The third-order valence-corrected chi connectivity index (χ3v) is 7.22. The summed E-state index contributed by atoms with van der Waals surface area (Å²) in [6.45, 7) is 9.60. The molecule has 7 nitrogen and oxygen atoms in total. The van der Waals surface area contributed by atoms with Crippen LogP contribution in [0.2, 0.25) is 0 Å². The van der Waals surface area contributed by atoms with E-state index < -0.39 is 22.1 Å². The summed E-state index contributed by atoms with van der Waals surface area (Å²) in [6.07, 6.45) is -1.03. The van der Waals surface area contributed by atoms with E-state index >= 15 is 0 Å². The lowest BCUT2D eigenvalue weighted by molar-refractivity contribution is -0.126. The smallest absolute Gasteiger partial charge is 0.338 e. The van der Waals surface area contributed by atoms with Gasteiger partial charge in [-0.05, 0) is 50.6 Å². The summed E-state index contributed by atoms with van der Waals surface area (Å²) in [4.78, 5) is 27.1. The molecule has 168 valence electrons. The number of sulfonamides is 1. The molecule has 0 spiro atoms. The van der Waals surface area contributed by atoms with Crippen LogP contribution in [0.3, 0.4) is 0 Å². The van der Waals surface area contributed by atoms with Crippen LogP contribution >= 0.6 is 0 Å².